The van der Waals surface area contributed by atoms with Crippen molar-refractivity contribution in [2.75, 3.05) is 26.3 Å². The fourth-order valence-electron chi connectivity index (χ4n) is 5.23. The summed E-state index contributed by atoms with van der Waals surface area (Å²) in [5, 5.41) is 8.61. The number of carbonyl (C=O) groups is 4. The number of amides is 4. The molecule has 0 saturated heterocycles. The Bertz CT molecular complexity index is 1640. The number of hydrogen-bond acceptors (Lipinski definition) is 7. The summed E-state index contributed by atoms with van der Waals surface area (Å²) >= 11 is 6.05. The zero-order chi connectivity index (χ0) is 35.5. The summed E-state index contributed by atoms with van der Waals surface area (Å²) in [4.78, 5) is 55.5. The Hall–Kier alpha value is -4.84. The number of likely N-dealkylation sites (N-methyl/N-ethyl adjacent to an activating group) is 1. The molecule has 0 radical (unpaired) electrons. The molecule has 1 heterocycles. The third-order valence-corrected chi connectivity index (χ3v) is 7.85. The average molecular weight is 697 g/mol. The van der Waals surface area contributed by atoms with Crippen molar-refractivity contribution in [1.29, 1.82) is 0 Å². The number of nitrogens with zero attached hydrogens (tertiary/aromatic N) is 1. The molecule has 49 heavy (non-hydrogen) atoms. The van der Waals surface area contributed by atoms with Gasteiger partial charge in [0.2, 0.25) is 17.7 Å². The van der Waals surface area contributed by atoms with Crippen molar-refractivity contribution in [2.24, 2.45) is 5.92 Å². The summed E-state index contributed by atoms with van der Waals surface area (Å²) in [6.45, 7) is 7.91. The Balaban J connectivity index is 1.52. The summed E-state index contributed by atoms with van der Waals surface area (Å²) in [7, 11) is 0. The van der Waals surface area contributed by atoms with E-state index in [0.29, 0.717) is 23.7 Å². The molecule has 3 atom stereocenters. The van der Waals surface area contributed by atoms with Gasteiger partial charge in [0.05, 0.1) is 24.6 Å². The van der Waals surface area contributed by atoms with Crippen LogP contribution in [0, 0.1) is 11.7 Å². The molecule has 0 fully saturated rings. The smallest absolute Gasteiger partial charge is 0.255 e. The molecule has 0 bridgehead atoms. The van der Waals surface area contributed by atoms with E-state index in [1.807, 2.05) is 20.8 Å². The van der Waals surface area contributed by atoms with E-state index in [1.165, 1.54) is 18.2 Å². The van der Waals surface area contributed by atoms with Gasteiger partial charge in [0.1, 0.15) is 36.8 Å². The van der Waals surface area contributed by atoms with E-state index >= 15 is 0 Å². The molecule has 0 saturated carbocycles. The molecule has 3 aromatic carbocycles. The second-order valence-electron chi connectivity index (χ2n) is 12.1. The Morgan fingerprint density at radius 2 is 1.82 bits per heavy atom. The monoisotopic (exact) mass is 696 g/mol. The van der Waals surface area contributed by atoms with Gasteiger partial charge in [0.15, 0.2) is 17.3 Å². The summed E-state index contributed by atoms with van der Waals surface area (Å²) in [5.41, 5.74) is 0.160. The molecule has 4 rings (SSSR count). The summed E-state index contributed by atoms with van der Waals surface area (Å²) in [5.74, 6) is -2.18. The van der Waals surface area contributed by atoms with Gasteiger partial charge in [-0.15, -0.1) is 0 Å². The molecular weight excluding hydrogens is 655 g/mol. The molecule has 1 aliphatic heterocycles. The van der Waals surface area contributed by atoms with E-state index in [9.17, 15) is 23.6 Å². The Morgan fingerprint density at radius 3 is 2.55 bits per heavy atom. The topological polar surface area (TPSA) is 135 Å². The van der Waals surface area contributed by atoms with Gasteiger partial charge in [0.25, 0.3) is 5.91 Å². The number of rotatable bonds is 10. The standard InChI is InChI=1S/C36H42ClFN4O7/c1-5-42-16-17-47-30-14-7-6-12-26(30)34(44)41-28(20-32(43)40-29(36(42)46)18-22(2)3)35(45)39-23(4)21-48-33-27(38)13-9-15-31(33)49-25-11-8-10-24(37)19-25/h6-15,19,22-23,28-29H,5,16-18,20-21H2,1-4H3,(H,39,45)(H,40,43)(H,41,44)/t23-,28+,29-/m1/s1. The number of nitrogens with one attached hydrogen (secondary N) is 3. The molecule has 1 aliphatic rings. The van der Waals surface area contributed by atoms with E-state index in [-0.39, 0.29) is 54.4 Å². The van der Waals surface area contributed by atoms with E-state index in [4.69, 9.17) is 25.8 Å². The zero-order valence-electron chi connectivity index (χ0n) is 28.0. The van der Waals surface area contributed by atoms with E-state index < -0.39 is 48.1 Å². The van der Waals surface area contributed by atoms with Crippen molar-refractivity contribution in [1.82, 2.24) is 20.9 Å². The van der Waals surface area contributed by atoms with Crippen LogP contribution in [0.4, 0.5) is 4.39 Å². The maximum atomic E-state index is 14.9. The number of halogens is 2. The minimum Gasteiger partial charge on any atom is -0.491 e. The Labute approximate surface area is 290 Å². The summed E-state index contributed by atoms with van der Waals surface area (Å²) in [6, 6.07) is 14.4. The molecule has 262 valence electrons. The van der Waals surface area contributed by atoms with Crippen LogP contribution in [0.5, 0.6) is 23.0 Å². The number of benzene rings is 3. The first-order valence-electron chi connectivity index (χ1n) is 16.2. The van der Waals surface area contributed by atoms with Crippen LogP contribution in [0.2, 0.25) is 5.02 Å². The zero-order valence-corrected chi connectivity index (χ0v) is 28.7. The van der Waals surface area contributed by atoms with Crippen LogP contribution in [-0.2, 0) is 14.4 Å². The first-order chi connectivity index (χ1) is 23.4. The van der Waals surface area contributed by atoms with Gasteiger partial charge < -0.3 is 35.1 Å². The summed E-state index contributed by atoms with van der Waals surface area (Å²) < 4.78 is 32.3. The van der Waals surface area contributed by atoms with Crippen LogP contribution < -0.4 is 30.2 Å². The Kier molecular flexibility index (Phi) is 13.2. The molecule has 13 heteroatoms. The van der Waals surface area contributed by atoms with Crippen molar-refractivity contribution < 1.29 is 37.8 Å². The second kappa shape index (κ2) is 17.5. The maximum absolute atomic E-state index is 14.9. The van der Waals surface area contributed by atoms with E-state index in [0.717, 1.165) is 0 Å². The number of para-hydroxylation sites is 2. The number of carbonyl (C=O) groups excluding carboxylic acids is 4. The largest absolute Gasteiger partial charge is 0.491 e. The highest BCUT2D eigenvalue weighted by Crippen LogP contribution is 2.34. The minimum absolute atomic E-state index is 0.0838. The maximum Gasteiger partial charge on any atom is 0.255 e. The first-order valence-corrected chi connectivity index (χ1v) is 16.6. The van der Waals surface area contributed by atoms with Crippen LogP contribution in [-0.4, -0.2) is 73.0 Å². The van der Waals surface area contributed by atoms with Crippen LogP contribution in [0.1, 0.15) is 50.9 Å². The predicted octanol–water partition coefficient (Wildman–Crippen LogP) is 5.12. The molecule has 0 unspecified atom stereocenters. The quantitative estimate of drug-likeness (QED) is 0.268. The van der Waals surface area contributed by atoms with Crippen molar-refractivity contribution >= 4 is 35.2 Å². The Morgan fingerprint density at radius 1 is 1.06 bits per heavy atom. The molecule has 0 aromatic heterocycles. The molecule has 4 amide bonds. The second-order valence-corrected chi connectivity index (χ2v) is 12.5. The third-order valence-electron chi connectivity index (χ3n) is 7.62. The van der Waals surface area contributed by atoms with Crippen LogP contribution in [0.3, 0.4) is 0 Å². The lowest BCUT2D eigenvalue weighted by atomic mass is 10.0. The predicted molar refractivity (Wildman–Crippen MR) is 182 cm³/mol. The third kappa shape index (κ3) is 10.6. The lowest BCUT2D eigenvalue weighted by Gasteiger charge is -2.29. The van der Waals surface area contributed by atoms with E-state index in [1.54, 1.807) is 60.4 Å². The number of fused-ring (bicyclic) bond motifs is 1. The lowest BCUT2D eigenvalue weighted by Crippen LogP contribution is -2.54. The van der Waals surface area contributed by atoms with E-state index in [2.05, 4.69) is 16.0 Å². The molecular formula is C36H42ClFN4O7. The average Bonchev–Trinajstić information content (AvgIpc) is 3.05. The fourth-order valence-corrected chi connectivity index (χ4v) is 5.41. The highest BCUT2D eigenvalue weighted by atomic mass is 35.5. The lowest BCUT2D eigenvalue weighted by molar-refractivity contribution is -0.137. The SMILES string of the molecule is CCN1CCOc2ccccc2C(=O)N[C@H](C(=O)N[C@H](C)COc2c(F)cccc2Oc2cccc(Cl)c2)CC(=O)N[C@H](CC(C)C)C1=O. The molecule has 0 spiro atoms. The van der Waals surface area contributed by atoms with Crippen molar-refractivity contribution in [2.45, 2.75) is 58.7 Å². The van der Waals surface area contributed by atoms with Gasteiger partial charge >= 0.3 is 0 Å². The van der Waals surface area contributed by atoms with Crippen LogP contribution in [0.25, 0.3) is 0 Å². The highest BCUT2D eigenvalue weighted by molar-refractivity contribution is 6.30. The molecule has 3 N–H and O–H groups in total. The summed E-state index contributed by atoms with van der Waals surface area (Å²) in [6.07, 6.45) is -0.0749. The van der Waals surface area contributed by atoms with Gasteiger partial charge in [-0.1, -0.05) is 49.7 Å². The van der Waals surface area contributed by atoms with Crippen LogP contribution >= 0.6 is 11.6 Å². The molecule has 3 aromatic rings. The number of ether oxygens (including phenoxy) is 3. The first kappa shape index (κ1) is 37.0. The normalized spacial score (nSPS) is 17.9. The molecule has 11 nitrogen and oxygen atoms in total. The fraction of sp³-hybridized carbons (Fsp3) is 0.389. The van der Waals surface area contributed by atoms with Crippen LogP contribution in [0.15, 0.2) is 66.7 Å². The minimum atomic E-state index is -1.33. The van der Waals surface area contributed by atoms with Gasteiger partial charge in [-0.25, -0.2) is 4.39 Å². The van der Waals surface area contributed by atoms with Gasteiger partial charge in [0, 0.05) is 11.6 Å². The van der Waals surface area contributed by atoms with Crippen molar-refractivity contribution in [3.05, 3.63) is 83.1 Å². The van der Waals surface area contributed by atoms with Gasteiger partial charge in [-0.05, 0) is 68.7 Å². The highest BCUT2D eigenvalue weighted by Gasteiger charge is 2.31. The van der Waals surface area contributed by atoms with Gasteiger partial charge in [-0.3, -0.25) is 19.2 Å². The number of hydrogen-bond donors (Lipinski definition) is 3. The van der Waals surface area contributed by atoms with Gasteiger partial charge in [-0.2, -0.15) is 0 Å². The molecule has 0 aliphatic carbocycles. The van der Waals surface area contributed by atoms with Crippen molar-refractivity contribution in [3.8, 4) is 23.0 Å². The van der Waals surface area contributed by atoms with Crippen molar-refractivity contribution in [3.63, 3.8) is 0 Å².